The minimum Gasteiger partial charge on any atom is -0.469 e. The lowest BCUT2D eigenvalue weighted by atomic mass is 10.1. The normalized spacial score (nSPS) is 12.4. The molecule has 0 atom stereocenters. The van der Waals surface area contributed by atoms with E-state index >= 15 is 0 Å². The molecule has 3 heterocycles. The van der Waals surface area contributed by atoms with Crippen LogP contribution < -0.4 is 14.8 Å². The number of carbonyl (C=O) groups excluding carboxylic acids is 1. The van der Waals surface area contributed by atoms with E-state index in [2.05, 4.69) is 17.4 Å². The van der Waals surface area contributed by atoms with Gasteiger partial charge in [0, 0.05) is 23.1 Å². The van der Waals surface area contributed by atoms with Gasteiger partial charge in [-0.1, -0.05) is 24.3 Å². The highest BCUT2D eigenvalue weighted by Gasteiger charge is 2.16. The Kier molecular flexibility index (Phi) is 4.84. The third-order valence-corrected chi connectivity index (χ3v) is 6.03. The van der Waals surface area contributed by atoms with Crippen molar-refractivity contribution in [3.63, 3.8) is 0 Å². The molecule has 8 heteroatoms. The van der Waals surface area contributed by atoms with Gasteiger partial charge in [0.25, 0.3) is 0 Å². The number of aryl methyl sites for hydroxylation is 1. The summed E-state index contributed by atoms with van der Waals surface area (Å²) in [7, 11) is 1.39. The van der Waals surface area contributed by atoms with Crippen LogP contribution >= 0.6 is 11.3 Å². The molecule has 5 rings (SSSR count). The van der Waals surface area contributed by atoms with Crippen molar-refractivity contribution in [3.05, 3.63) is 53.9 Å². The number of methoxy groups -OCH3 is 1. The van der Waals surface area contributed by atoms with E-state index in [1.807, 2.05) is 30.3 Å². The molecule has 2 aromatic carbocycles. The minimum atomic E-state index is -0.273. The zero-order chi connectivity index (χ0) is 20.5. The molecule has 0 radical (unpaired) electrons. The number of carbonyl (C=O) groups is 1. The number of hydrogen-bond donors (Lipinski definition) is 1. The molecule has 0 fully saturated rings. The zero-order valence-electron chi connectivity index (χ0n) is 16.3. The number of thiophene rings is 1. The number of hydrogen-bond acceptors (Lipinski definition) is 8. The molecule has 0 amide bonds. The van der Waals surface area contributed by atoms with Crippen molar-refractivity contribution in [2.75, 3.05) is 19.2 Å². The van der Waals surface area contributed by atoms with Crippen LogP contribution in [-0.4, -0.2) is 29.8 Å². The number of rotatable bonds is 6. The van der Waals surface area contributed by atoms with Crippen molar-refractivity contribution in [1.29, 1.82) is 0 Å². The smallest absolute Gasteiger partial charge is 0.305 e. The van der Waals surface area contributed by atoms with Crippen molar-refractivity contribution in [2.45, 2.75) is 19.4 Å². The van der Waals surface area contributed by atoms with E-state index in [-0.39, 0.29) is 19.2 Å². The molecule has 1 N–H and O–H groups in total. The summed E-state index contributed by atoms with van der Waals surface area (Å²) < 4.78 is 16.8. The summed E-state index contributed by atoms with van der Waals surface area (Å²) in [5.41, 5.74) is 1.06. The molecule has 0 aliphatic carbocycles. The van der Waals surface area contributed by atoms with Gasteiger partial charge in [0.05, 0.1) is 18.9 Å². The van der Waals surface area contributed by atoms with E-state index in [1.54, 1.807) is 11.3 Å². The quantitative estimate of drug-likeness (QED) is 0.465. The number of ether oxygens (including phenoxy) is 3. The number of esters is 1. The van der Waals surface area contributed by atoms with Gasteiger partial charge in [-0.2, -0.15) is 0 Å². The van der Waals surface area contributed by atoms with Crippen molar-refractivity contribution in [2.24, 2.45) is 0 Å². The molecule has 7 nitrogen and oxygen atoms in total. The highest BCUT2D eigenvalue weighted by atomic mass is 32.1. The van der Waals surface area contributed by atoms with Crippen LogP contribution in [0, 0.1) is 0 Å². The predicted octanol–water partition coefficient (Wildman–Crippen LogP) is 4.29. The number of nitrogens with one attached hydrogen (secondary N) is 1. The van der Waals surface area contributed by atoms with Gasteiger partial charge >= 0.3 is 5.97 Å². The summed E-state index contributed by atoms with van der Waals surface area (Å²) >= 11 is 1.62. The fourth-order valence-electron chi connectivity index (χ4n) is 3.46. The molecule has 30 heavy (non-hydrogen) atoms. The van der Waals surface area contributed by atoms with Crippen LogP contribution in [0.2, 0.25) is 0 Å². The molecule has 152 valence electrons. The lowest BCUT2D eigenvalue weighted by Gasteiger charge is -2.10. The summed E-state index contributed by atoms with van der Waals surface area (Å²) in [6, 6.07) is 14.1. The summed E-state index contributed by atoms with van der Waals surface area (Å²) in [5, 5.41) is 5.57. The maximum Gasteiger partial charge on any atom is 0.305 e. The molecule has 0 saturated heterocycles. The maximum atomic E-state index is 11.6. The van der Waals surface area contributed by atoms with Gasteiger partial charge in [-0.3, -0.25) is 4.79 Å². The largest absolute Gasteiger partial charge is 0.469 e. The highest BCUT2D eigenvalue weighted by Crippen LogP contribution is 2.37. The molecule has 0 unspecified atom stereocenters. The third kappa shape index (κ3) is 3.50. The Hall–Kier alpha value is -3.39. The Morgan fingerprint density at radius 1 is 1.17 bits per heavy atom. The van der Waals surface area contributed by atoms with Gasteiger partial charge in [0.2, 0.25) is 6.79 Å². The van der Waals surface area contributed by atoms with Crippen molar-refractivity contribution < 1.29 is 19.0 Å². The topological polar surface area (TPSA) is 82.6 Å². The Labute approximate surface area is 176 Å². The summed E-state index contributed by atoms with van der Waals surface area (Å²) in [6.45, 7) is 0.826. The molecule has 4 aromatic rings. The zero-order valence-corrected chi connectivity index (χ0v) is 17.1. The average Bonchev–Trinajstić information content (AvgIpc) is 3.39. The van der Waals surface area contributed by atoms with Crippen molar-refractivity contribution >= 4 is 43.4 Å². The van der Waals surface area contributed by atoms with Crippen LogP contribution in [0.15, 0.2) is 42.5 Å². The third-order valence-electron chi connectivity index (χ3n) is 4.96. The molecule has 0 bridgehead atoms. The van der Waals surface area contributed by atoms with E-state index < -0.39 is 0 Å². The Morgan fingerprint density at radius 2 is 2.03 bits per heavy atom. The van der Waals surface area contributed by atoms with Gasteiger partial charge in [0.15, 0.2) is 11.5 Å². The number of fused-ring (bicyclic) bond motifs is 4. The van der Waals surface area contributed by atoms with Crippen LogP contribution in [0.4, 0.5) is 5.82 Å². The number of anilines is 1. The SMILES string of the molecule is COC(=O)CCc1nc(NCc2ccc3c(c2)OCO3)c2c(n1)sc1ccccc12. The molecule has 1 aliphatic heterocycles. The molecule has 0 saturated carbocycles. The molecule has 2 aromatic heterocycles. The van der Waals surface area contributed by atoms with Crippen molar-refractivity contribution in [3.8, 4) is 11.5 Å². The van der Waals surface area contributed by atoms with Crippen molar-refractivity contribution in [1.82, 2.24) is 9.97 Å². The van der Waals surface area contributed by atoms with Crippen LogP contribution in [0.25, 0.3) is 20.3 Å². The first-order valence-electron chi connectivity index (χ1n) is 9.58. The lowest BCUT2D eigenvalue weighted by Crippen LogP contribution is -2.08. The van der Waals surface area contributed by atoms with Crippen LogP contribution in [0.3, 0.4) is 0 Å². The first-order valence-corrected chi connectivity index (χ1v) is 10.4. The molecular formula is C22H19N3O4S. The van der Waals surface area contributed by atoms with E-state index in [1.165, 1.54) is 7.11 Å². The predicted molar refractivity (Wildman–Crippen MR) is 115 cm³/mol. The van der Waals surface area contributed by atoms with Gasteiger partial charge in [-0.05, 0) is 23.8 Å². The fourth-order valence-corrected chi connectivity index (χ4v) is 4.55. The first-order chi connectivity index (χ1) is 14.7. The van der Waals surface area contributed by atoms with Gasteiger partial charge < -0.3 is 19.5 Å². The number of benzene rings is 2. The first kappa shape index (κ1) is 18.6. The summed E-state index contributed by atoms with van der Waals surface area (Å²) in [6.07, 6.45) is 0.671. The summed E-state index contributed by atoms with van der Waals surface area (Å²) in [5.74, 6) is 2.62. The van der Waals surface area contributed by atoms with Crippen LogP contribution in [-0.2, 0) is 22.5 Å². The standard InChI is InChI=1S/C22H19N3O4S/c1-27-19(26)9-8-18-24-21(20-14-4-2-3-5-17(14)30-22(20)25-18)23-11-13-6-7-15-16(10-13)29-12-28-15/h2-7,10H,8-9,11-12H2,1H3,(H,23,24,25). The second kappa shape index (κ2) is 7.79. The summed E-state index contributed by atoms with van der Waals surface area (Å²) in [4.78, 5) is 21.9. The molecular weight excluding hydrogens is 402 g/mol. The lowest BCUT2D eigenvalue weighted by molar-refractivity contribution is -0.140. The van der Waals surface area contributed by atoms with Gasteiger partial charge in [-0.25, -0.2) is 9.97 Å². The molecule has 1 aliphatic rings. The highest BCUT2D eigenvalue weighted by molar-refractivity contribution is 7.25. The Balaban J connectivity index is 1.50. The minimum absolute atomic E-state index is 0.245. The van der Waals surface area contributed by atoms with Crippen LogP contribution in [0.1, 0.15) is 17.8 Å². The van der Waals surface area contributed by atoms with Crippen LogP contribution in [0.5, 0.6) is 11.5 Å². The Bertz CT molecular complexity index is 1250. The van der Waals surface area contributed by atoms with Gasteiger partial charge in [-0.15, -0.1) is 11.3 Å². The average molecular weight is 421 g/mol. The Morgan fingerprint density at radius 3 is 2.93 bits per heavy atom. The monoisotopic (exact) mass is 421 g/mol. The molecule has 0 spiro atoms. The van der Waals surface area contributed by atoms with Gasteiger partial charge in [0.1, 0.15) is 16.5 Å². The number of nitrogens with zero attached hydrogens (tertiary/aromatic N) is 2. The van der Waals surface area contributed by atoms with E-state index in [0.717, 1.165) is 43.2 Å². The van der Waals surface area contributed by atoms with E-state index in [0.29, 0.717) is 18.8 Å². The second-order valence-corrected chi connectivity index (χ2v) is 7.91. The second-order valence-electron chi connectivity index (χ2n) is 6.88. The number of aromatic nitrogens is 2. The fraction of sp³-hybridized carbons (Fsp3) is 0.227. The maximum absolute atomic E-state index is 11.6. The van der Waals surface area contributed by atoms with E-state index in [4.69, 9.17) is 24.2 Å². The van der Waals surface area contributed by atoms with E-state index in [9.17, 15) is 4.79 Å².